The molecule has 1 saturated carbocycles. The fourth-order valence-electron chi connectivity index (χ4n) is 7.50. The van der Waals surface area contributed by atoms with E-state index >= 15 is 0 Å². The molecule has 6 rings (SSSR count). The second kappa shape index (κ2) is 13.3. The molecule has 2 amide bonds. The van der Waals surface area contributed by atoms with Gasteiger partial charge in [0.2, 0.25) is 23.9 Å². The van der Waals surface area contributed by atoms with E-state index in [9.17, 15) is 19.5 Å². The van der Waals surface area contributed by atoms with Crippen LogP contribution in [0.3, 0.4) is 0 Å². The summed E-state index contributed by atoms with van der Waals surface area (Å²) in [6.45, 7) is 10.4. The maximum atomic E-state index is 13.0. The molecule has 9 atom stereocenters. The Balaban J connectivity index is 1.13. The van der Waals surface area contributed by atoms with Gasteiger partial charge in [-0.2, -0.15) is 0 Å². The van der Waals surface area contributed by atoms with Crippen molar-refractivity contribution in [2.45, 2.75) is 116 Å². The van der Waals surface area contributed by atoms with E-state index in [4.69, 9.17) is 24.0 Å². The molecule has 5 aliphatic rings. The van der Waals surface area contributed by atoms with Gasteiger partial charge in [0.15, 0.2) is 11.9 Å². The third-order valence-electron chi connectivity index (χ3n) is 9.91. The van der Waals surface area contributed by atoms with Crippen LogP contribution in [0, 0.1) is 29.6 Å². The van der Waals surface area contributed by atoms with Crippen LogP contribution in [-0.4, -0.2) is 59.4 Å². The quantitative estimate of drug-likeness (QED) is 0.247. The summed E-state index contributed by atoms with van der Waals surface area (Å²) >= 11 is 0. The molecule has 4 heterocycles. The fourth-order valence-corrected chi connectivity index (χ4v) is 7.50. The Morgan fingerprint density at radius 1 is 1.05 bits per heavy atom. The molecule has 4 aliphatic heterocycles. The van der Waals surface area contributed by atoms with Gasteiger partial charge in [-0.3, -0.25) is 14.4 Å². The second-order valence-corrected chi connectivity index (χ2v) is 13.7. The minimum atomic E-state index is -0.922. The SMILES string of the molecule is CC(C)C[C@H](NC(=O)CCC(=O)O[C@@H]1O[C@H]2O[C@]3(C)CC[C@H]4[C@H](C)CC[C@@H]([C@@H]1C)[C@@]24OO3)C(=O)NCCc1ccc(O)cc1. The van der Waals surface area contributed by atoms with Gasteiger partial charge >= 0.3 is 5.97 Å². The van der Waals surface area contributed by atoms with Gasteiger partial charge in [-0.05, 0) is 74.5 Å². The first-order valence-corrected chi connectivity index (χ1v) is 16.1. The zero-order valence-electron chi connectivity index (χ0n) is 26.5. The molecule has 4 saturated heterocycles. The van der Waals surface area contributed by atoms with Crippen LogP contribution in [-0.2, 0) is 44.8 Å². The molecule has 1 aliphatic carbocycles. The summed E-state index contributed by atoms with van der Waals surface area (Å²) in [5.41, 5.74) is 0.231. The molecule has 0 unspecified atom stereocenters. The minimum Gasteiger partial charge on any atom is -0.508 e. The van der Waals surface area contributed by atoms with E-state index in [-0.39, 0.29) is 48.2 Å². The van der Waals surface area contributed by atoms with Crippen LogP contribution in [0.15, 0.2) is 24.3 Å². The van der Waals surface area contributed by atoms with Gasteiger partial charge in [-0.15, -0.1) is 0 Å². The van der Waals surface area contributed by atoms with Crippen molar-refractivity contribution in [3.63, 3.8) is 0 Å². The standard InChI is InChI=1S/C33H48N2O9/c1-19(2)18-26(29(39)34-17-15-22-7-9-23(36)10-8-22)35-27(37)12-13-28(38)40-30-21(4)25-11-6-20(3)24-14-16-32(5)42-31(41-30)33(24,25)44-43-32/h7-10,19-21,24-26,30-31,36H,6,11-18H2,1-5H3,(H,34,39)(H,35,37)/t20-,21+,24+,25+,26+,30-,31+,32+,33-/m1/s1. The first-order chi connectivity index (χ1) is 20.9. The number of fused-ring (bicyclic) bond motifs is 2. The topological polar surface area (TPSA) is 142 Å². The number of nitrogens with one attached hydrogen (secondary N) is 2. The molecular weight excluding hydrogens is 568 g/mol. The van der Waals surface area contributed by atoms with E-state index in [0.29, 0.717) is 31.7 Å². The van der Waals surface area contributed by atoms with Crippen molar-refractivity contribution in [2.75, 3.05) is 6.54 Å². The highest BCUT2D eigenvalue weighted by Crippen LogP contribution is 2.60. The number of ether oxygens (including phenoxy) is 3. The summed E-state index contributed by atoms with van der Waals surface area (Å²) in [5, 5.41) is 15.1. The van der Waals surface area contributed by atoms with Crippen molar-refractivity contribution < 1.29 is 43.5 Å². The molecule has 1 aromatic rings. The number of amides is 2. The van der Waals surface area contributed by atoms with E-state index in [1.165, 1.54) is 0 Å². The molecular formula is C33H48N2O9. The highest BCUT2D eigenvalue weighted by atomic mass is 17.3. The van der Waals surface area contributed by atoms with Crippen molar-refractivity contribution in [3.8, 4) is 5.75 Å². The lowest BCUT2D eigenvalue weighted by Gasteiger charge is -2.59. The summed E-state index contributed by atoms with van der Waals surface area (Å²) in [6.07, 6.45) is 2.77. The number of aromatic hydroxyl groups is 1. The van der Waals surface area contributed by atoms with Crippen LogP contribution in [0.1, 0.15) is 85.1 Å². The van der Waals surface area contributed by atoms with Gasteiger partial charge in [0.25, 0.3) is 0 Å². The molecule has 11 heteroatoms. The van der Waals surface area contributed by atoms with Crippen LogP contribution in [0.4, 0.5) is 0 Å². The zero-order chi connectivity index (χ0) is 31.6. The van der Waals surface area contributed by atoms with Crippen LogP contribution < -0.4 is 10.6 Å². The van der Waals surface area contributed by atoms with E-state index in [2.05, 4.69) is 17.6 Å². The van der Waals surface area contributed by atoms with Crippen LogP contribution in [0.25, 0.3) is 0 Å². The highest BCUT2D eigenvalue weighted by molar-refractivity contribution is 5.88. The number of hydrogen-bond donors (Lipinski definition) is 3. The van der Waals surface area contributed by atoms with Crippen molar-refractivity contribution in [3.05, 3.63) is 29.8 Å². The number of phenols is 1. The van der Waals surface area contributed by atoms with Crippen LogP contribution in [0.5, 0.6) is 5.75 Å². The number of esters is 1. The minimum absolute atomic E-state index is 0.0237. The normalized spacial score (nSPS) is 34.9. The molecule has 44 heavy (non-hydrogen) atoms. The molecule has 3 N–H and O–H groups in total. The fraction of sp³-hybridized carbons (Fsp3) is 0.727. The van der Waals surface area contributed by atoms with Gasteiger partial charge in [-0.25, -0.2) is 9.78 Å². The lowest BCUT2D eigenvalue weighted by molar-refractivity contribution is -0.576. The summed E-state index contributed by atoms with van der Waals surface area (Å²) in [7, 11) is 0. The van der Waals surface area contributed by atoms with E-state index in [1.807, 2.05) is 27.7 Å². The van der Waals surface area contributed by atoms with Gasteiger partial charge in [0.05, 0.1) is 6.42 Å². The van der Waals surface area contributed by atoms with E-state index < -0.39 is 41.9 Å². The summed E-state index contributed by atoms with van der Waals surface area (Å²) in [5.74, 6) is -1.28. The highest BCUT2D eigenvalue weighted by Gasteiger charge is 2.69. The largest absolute Gasteiger partial charge is 0.508 e. The van der Waals surface area contributed by atoms with Crippen LogP contribution in [0.2, 0.25) is 0 Å². The molecule has 244 valence electrons. The Kier molecular flexibility index (Phi) is 9.89. The van der Waals surface area contributed by atoms with Crippen molar-refractivity contribution in [2.24, 2.45) is 29.6 Å². The zero-order valence-corrected chi connectivity index (χ0v) is 26.5. The third kappa shape index (κ3) is 6.90. The number of carbonyl (C=O) groups excluding carboxylic acids is 3. The third-order valence-corrected chi connectivity index (χ3v) is 9.91. The predicted octanol–water partition coefficient (Wildman–Crippen LogP) is 4.11. The maximum Gasteiger partial charge on any atom is 0.308 e. The Labute approximate surface area is 259 Å². The number of carbonyl (C=O) groups is 3. The lowest BCUT2D eigenvalue weighted by Crippen LogP contribution is -2.70. The molecule has 1 aromatic carbocycles. The average molecular weight is 617 g/mol. The Hall–Kier alpha value is -2.73. The van der Waals surface area contributed by atoms with Crippen LogP contribution >= 0.6 is 0 Å². The monoisotopic (exact) mass is 616 g/mol. The number of phenolic OH excluding ortho intramolecular Hbond substituents is 1. The Morgan fingerprint density at radius 3 is 2.52 bits per heavy atom. The number of benzene rings is 1. The molecule has 0 aromatic heterocycles. The van der Waals surface area contributed by atoms with Crippen molar-refractivity contribution in [1.82, 2.24) is 10.6 Å². The lowest BCUT2D eigenvalue weighted by atomic mass is 9.58. The molecule has 11 nitrogen and oxygen atoms in total. The predicted molar refractivity (Wildman–Crippen MR) is 158 cm³/mol. The molecule has 5 fully saturated rings. The second-order valence-electron chi connectivity index (χ2n) is 13.7. The number of hydrogen-bond acceptors (Lipinski definition) is 9. The Morgan fingerprint density at radius 2 is 1.80 bits per heavy atom. The van der Waals surface area contributed by atoms with Crippen molar-refractivity contribution in [1.29, 1.82) is 0 Å². The average Bonchev–Trinajstić information content (AvgIpc) is 3.20. The van der Waals surface area contributed by atoms with Gasteiger partial charge in [0, 0.05) is 31.2 Å². The summed E-state index contributed by atoms with van der Waals surface area (Å²) in [4.78, 5) is 50.7. The van der Waals surface area contributed by atoms with Gasteiger partial charge in [0.1, 0.15) is 11.8 Å². The first kappa shape index (κ1) is 32.7. The molecule has 0 radical (unpaired) electrons. The summed E-state index contributed by atoms with van der Waals surface area (Å²) < 4.78 is 18.4. The first-order valence-electron chi connectivity index (χ1n) is 16.1. The van der Waals surface area contributed by atoms with E-state index in [0.717, 1.165) is 24.8 Å². The Bertz CT molecular complexity index is 1190. The molecule has 1 spiro atoms. The van der Waals surface area contributed by atoms with Gasteiger partial charge < -0.3 is 30.0 Å². The molecule has 2 bridgehead atoms. The van der Waals surface area contributed by atoms with Crippen molar-refractivity contribution >= 4 is 17.8 Å². The van der Waals surface area contributed by atoms with E-state index in [1.54, 1.807) is 24.3 Å². The van der Waals surface area contributed by atoms with Gasteiger partial charge in [-0.1, -0.05) is 39.8 Å². The number of rotatable bonds is 11. The smallest absolute Gasteiger partial charge is 0.308 e. The summed E-state index contributed by atoms with van der Waals surface area (Å²) in [6, 6.07) is 6.09. The maximum absolute atomic E-state index is 13.0.